The van der Waals surface area contributed by atoms with Crippen molar-refractivity contribution in [1.29, 1.82) is 0 Å². The van der Waals surface area contributed by atoms with E-state index in [-0.39, 0.29) is 11.3 Å². The highest BCUT2D eigenvalue weighted by Gasteiger charge is 2.48. The number of fused-ring (bicyclic) bond motifs is 1. The van der Waals surface area contributed by atoms with Crippen LogP contribution in [-0.4, -0.2) is 12.6 Å². The van der Waals surface area contributed by atoms with Crippen molar-refractivity contribution in [2.75, 3.05) is 0 Å². The van der Waals surface area contributed by atoms with E-state index in [0.717, 1.165) is 31.8 Å². The number of hydrogen-bond acceptors (Lipinski definition) is 2. The maximum absolute atomic E-state index is 11.3. The van der Waals surface area contributed by atoms with E-state index in [9.17, 15) is 9.59 Å². The van der Waals surface area contributed by atoms with Gasteiger partial charge in [-0.2, -0.15) is 0 Å². The van der Waals surface area contributed by atoms with E-state index in [1.807, 2.05) is 6.08 Å². The van der Waals surface area contributed by atoms with Crippen LogP contribution in [0.15, 0.2) is 23.8 Å². The van der Waals surface area contributed by atoms with Crippen molar-refractivity contribution in [3.63, 3.8) is 0 Å². The molecule has 2 rings (SSSR count). The highest BCUT2D eigenvalue weighted by atomic mass is 16.1. The van der Waals surface area contributed by atoms with E-state index >= 15 is 0 Å². The summed E-state index contributed by atoms with van der Waals surface area (Å²) in [5.41, 5.74) is 1.82. The lowest BCUT2D eigenvalue weighted by Gasteiger charge is -2.50. The fourth-order valence-electron chi connectivity index (χ4n) is 3.56. The van der Waals surface area contributed by atoms with Crippen molar-refractivity contribution >= 4 is 12.6 Å². The summed E-state index contributed by atoms with van der Waals surface area (Å²) in [4.78, 5) is 22.4. The van der Waals surface area contributed by atoms with Gasteiger partial charge >= 0.3 is 0 Å². The summed E-state index contributed by atoms with van der Waals surface area (Å²) in [6.45, 7) is 8.56. The summed E-state index contributed by atoms with van der Waals surface area (Å²) < 4.78 is 0. The SMILES string of the molecule is C=C1C(C)CCC2(C)C(C=O)C(C=O)=CCC12. The lowest BCUT2D eigenvalue weighted by molar-refractivity contribution is -0.117. The summed E-state index contributed by atoms with van der Waals surface area (Å²) in [6, 6.07) is 0. The molecule has 0 aromatic heterocycles. The molecular weight excluding hydrogens is 212 g/mol. The molecule has 92 valence electrons. The van der Waals surface area contributed by atoms with Crippen molar-refractivity contribution in [3.8, 4) is 0 Å². The molecule has 4 atom stereocenters. The minimum absolute atomic E-state index is 0.101. The van der Waals surface area contributed by atoms with Gasteiger partial charge < -0.3 is 4.79 Å². The highest BCUT2D eigenvalue weighted by Crippen LogP contribution is 2.55. The van der Waals surface area contributed by atoms with Crippen LogP contribution >= 0.6 is 0 Å². The number of hydrogen-bond donors (Lipinski definition) is 0. The molecule has 0 N–H and O–H groups in total. The summed E-state index contributed by atoms with van der Waals surface area (Å²) in [5, 5.41) is 0. The van der Waals surface area contributed by atoms with Crippen LogP contribution in [0.4, 0.5) is 0 Å². The molecule has 4 unspecified atom stereocenters. The average Bonchev–Trinajstić information content (AvgIpc) is 2.33. The lowest BCUT2D eigenvalue weighted by Crippen LogP contribution is -2.44. The van der Waals surface area contributed by atoms with Gasteiger partial charge in [0.25, 0.3) is 0 Å². The Bertz CT molecular complexity index is 394. The van der Waals surface area contributed by atoms with Crippen LogP contribution in [0, 0.1) is 23.2 Å². The van der Waals surface area contributed by atoms with Gasteiger partial charge in [0.05, 0.1) is 0 Å². The molecule has 0 heterocycles. The minimum Gasteiger partial charge on any atom is -0.303 e. The third-order valence-electron chi connectivity index (χ3n) is 4.92. The first-order valence-corrected chi connectivity index (χ1v) is 6.33. The van der Waals surface area contributed by atoms with Crippen LogP contribution < -0.4 is 0 Å². The largest absolute Gasteiger partial charge is 0.303 e. The van der Waals surface area contributed by atoms with Crippen molar-refractivity contribution in [2.24, 2.45) is 23.2 Å². The van der Waals surface area contributed by atoms with Crippen LogP contribution in [0.25, 0.3) is 0 Å². The molecule has 0 spiro atoms. The smallest absolute Gasteiger partial charge is 0.146 e. The fourth-order valence-corrected chi connectivity index (χ4v) is 3.56. The summed E-state index contributed by atoms with van der Waals surface area (Å²) >= 11 is 0. The zero-order chi connectivity index (χ0) is 12.6. The van der Waals surface area contributed by atoms with E-state index in [4.69, 9.17) is 0 Å². The number of carbonyl (C=O) groups excluding carboxylic acids is 2. The second kappa shape index (κ2) is 4.25. The van der Waals surface area contributed by atoms with Gasteiger partial charge in [-0.15, -0.1) is 0 Å². The van der Waals surface area contributed by atoms with E-state index in [1.165, 1.54) is 5.57 Å². The van der Waals surface area contributed by atoms with Crippen LogP contribution in [-0.2, 0) is 9.59 Å². The van der Waals surface area contributed by atoms with Crippen LogP contribution in [0.5, 0.6) is 0 Å². The predicted octanol–water partition coefficient (Wildman–Crippen LogP) is 2.94. The molecule has 2 nitrogen and oxygen atoms in total. The fraction of sp³-hybridized carbons (Fsp3) is 0.600. The summed E-state index contributed by atoms with van der Waals surface area (Å²) in [6.07, 6.45) is 6.67. The normalized spacial score (nSPS) is 41.4. The quantitative estimate of drug-likeness (QED) is 0.542. The Morgan fingerprint density at radius 3 is 2.76 bits per heavy atom. The maximum atomic E-state index is 11.3. The Morgan fingerprint density at radius 2 is 2.18 bits per heavy atom. The molecule has 1 saturated carbocycles. The topological polar surface area (TPSA) is 34.1 Å². The van der Waals surface area contributed by atoms with Gasteiger partial charge in [-0.1, -0.05) is 32.1 Å². The molecule has 1 fully saturated rings. The van der Waals surface area contributed by atoms with Gasteiger partial charge in [-0.3, -0.25) is 4.79 Å². The Balaban J connectivity index is 2.43. The van der Waals surface area contributed by atoms with Gasteiger partial charge in [0, 0.05) is 5.92 Å². The first-order valence-electron chi connectivity index (χ1n) is 6.33. The van der Waals surface area contributed by atoms with Crippen molar-refractivity contribution < 1.29 is 9.59 Å². The number of aldehydes is 2. The first-order chi connectivity index (χ1) is 8.04. The van der Waals surface area contributed by atoms with Gasteiger partial charge in [0.15, 0.2) is 0 Å². The lowest BCUT2D eigenvalue weighted by atomic mass is 9.53. The Hall–Kier alpha value is -1.18. The molecule has 0 aromatic rings. The van der Waals surface area contributed by atoms with Gasteiger partial charge in [-0.05, 0) is 42.1 Å². The zero-order valence-corrected chi connectivity index (χ0v) is 10.6. The molecule has 17 heavy (non-hydrogen) atoms. The molecule has 0 amide bonds. The average molecular weight is 232 g/mol. The molecule has 0 bridgehead atoms. The zero-order valence-electron chi connectivity index (χ0n) is 10.6. The van der Waals surface area contributed by atoms with E-state index in [1.54, 1.807) is 0 Å². The first kappa shape index (κ1) is 12.3. The van der Waals surface area contributed by atoms with Crippen LogP contribution in [0.1, 0.15) is 33.1 Å². The van der Waals surface area contributed by atoms with E-state index in [0.29, 0.717) is 17.4 Å². The molecule has 0 radical (unpaired) electrons. The van der Waals surface area contributed by atoms with Crippen molar-refractivity contribution in [1.82, 2.24) is 0 Å². The predicted molar refractivity (Wildman–Crippen MR) is 67.5 cm³/mol. The monoisotopic (exact) mass is 232 g/mol. The molecule has 0 aliphatic heterocycles. The maximum Gasteiger partial charge on any atom is 0.146 e. The molecule has 0 aromatic carbocycles. The summed E-state index contributed by atoms with van der Waals surface area (Å²) in [7, 11) is 0. The van der Waals surface area contributed by atoms with Crippen molar-refractivity contribution in [2.45, 2.75) is 33.1 Å². The Kier molecular flexibility index (Phi) is 3.07. The van der Waals surface area contributed by atoms with E-state index < -0.39 is 0 Å². The Labute approximate surface area is 103 Å². The molecule has 0 saturated heterocycles. The van der Waals surface area contributed by atoms with Gasteiger partial charge in [0.2, 0.25) is 0 Å². The number of carbonyl (C=O) groups is 2. The van der Waals surface area contributed by atoms with Crippen LogP contribution in [0.3, 0.4) is 0 Å². The third kappa shape index (κ3) is 1.70. The van der Waals surface area contributed by atoms with Gasteiger partial charge in [-0.25, -0.2) is 0 Å². The minimum atomic E-state index is -0.247. The van der Waals surface area contributed by atoms with Crippen molar-refractivity contribution in [3.05, 3.63) is 23.8 Å². The van der Waals surface area contributed by atoms with E-state index in [2.05, 4.69) is 20.4 Å². The number of rotatable bonds is 2. The molecular formula is C15H20O2. The number of allylic oxidation sites excluding steroid dienone is 3. The van der Waals surface area contributed by atoms with Gasteiger partial charge in [0.1, 0.15) is 12.6 Å². The second-order valence-electron chi connectivity index (χ2n) is 5.74. The highest BCUT2D eigenvalue weighted by molar-refractivity contribution is 5.82. The Morgan fingerprint density at radius 1 is 1.47 bits per heavy atom. The standard InChI is InChI=1S/C15H20O2/c1-10-6-7-15(3)13(11(10)2)5-4-12(8-16)14(15)9-17/h4,8-10,13-14H,2,5-7H2,1,3H3. The third-order valence-corrected chi connectivity index (χ3v) is 4.92. The molecule has 2 aliphatic carbocycles. The second-order valence-corrected chi connectivity index (χ2v) is 5.74. The molecule has 2 aliphatic rings. The molecule has 2 heteroatoms. The van der Waals surface area contributed by atoms with Crippen LogP contribution in [0.2, 0.25) is 0 Å². The summed E-state index contributed by atoms with van der Waals surface area (Å²) in [5.74, 6) is 0.639.